The lowest BCUT2D eigenvalue weighted by Crippen LogP contribution is -2.38. The van der Waals surface area contributed by atoms with Gasteiger partial charge in [-0.25, -0.2) is 13.2 Å². The average molecular weight is 327 g/mol. The first kappa shape index (κ1) is 17.1. The van der Waals surface area contributed by atoms with Crippen molar-refractivity contribution in [1.82, 2.24) is 5.32 Å². The van der Waals surface area contributed by atoms with Gasteiger partial charge in [-0.2, -0.15) is 0 Å². The summed E-state index contributed by atoms with van der Waals surface area (Å²) in [5.41, 5.74) is -1.32. The SMILES string of the molecule is Cc1cc(C(C)(O)CNC(=O)c2cc(F)c(F)c(F)c2)c(C)o1. The van der Waals surface area contributed by atoms with Crippen LogP contribution in [0.1, 0.15) is 34.4 Å². The molecule has 1 aromatic carbocycles. The first-order valence-corrected chi connectivity index (χ1v) is 6.84. The maximum Gasteiger partial charge on any atom is 0.251 e. The highest BCUT2D eigenvalue weighted by Crippen LogP contribution is 2.26. The molecule has 0 spiro atoms. The van der Waals surface area contributed by atoms with E-state index in [9.17, 15) is 23.1 Å². The summed E-state index contributed by atoms with van der Waals surface area (Å²) in [6.45, 7) is 4.64. The summed E-state index contributed by atoms with van der Waals surface area (Å²) in [4.78, 5) is 11.9. The normalized spacial score (nSPS) is 13.7. The minimum atomic E-state index is -1.64. The highest BCUT2D eigenvalue weighted by molar-refractivity contribution is 5.94. The van der Waals surface area contributed by atoms with Crippen molar-refractivity contribution >= 4 is 5.91 Å². The Hall–Kier alpha value is -2.28. The Morgan fingerprint density at radius 2 is 1.78 bits per heavy atom. The second-order valence-corrected chi connectivity index (χ2v) is 5.54. The quantitative estimate of drug-likeness (QED) is 0.849. The number of aliphatic hydroxyl groups is 1. The van der Waals surface area contributed by atoms with Gasteiger partial charge in [-0.3, -0.25) is 4.79 Å². The number of hydrogen-bond acceptors (Lipinski definition) is 3. The van der Waals surface area contributed by atoms with Crippen molar-refractivity contribution in [3.05, 3.63) is 58.3 Å². The van der Waals surface area contributed by atoms with Crippen molar-refractivity contribution in [2.75, 3.05) is 6.54 Å². The van der Waals surface area contributed by atoms with Crippen LogP contribution >= 0.6 is 0 Å². The summed E-state index contributed by atoms with van der Waals surface area (Å²) in [7, 11) is 0. The lowest BCUT2D eigenvalue weighted by Gasteiger charge is -2.23. The summed E-state index contributed by atoms with van der Waals surface area (Å²) >= 11 is 0. The van der Waals surface area contributed by atoms with Gasteiger partial charge in [0.25, 0.3) is 5.91 Å². The van der Waals surface area contributed by atoms with Crippen LogP contribution in [0, 0.1) is 31.3 Å². The fourth-order valence-corrected chi connectivity index (χ4v) is 2.30. The summed E-state index contributed by atoms with van der Waals surface area (Å²) in [5, 5.41) is 12.8. The van der Waals surface area contributed by atoms with Crippen molar-refractivity contribution in [2.24, 2.45) is 0 Å². The van der Waals surface area contributed by atoms with Gasteiger partial charge in [-0.15, -0.1) is 0 Å². The van der Waals surface area contributed by atoms with Gasteiger partial charge in [0.2, 0.25) is 0 Å². The van der Waals surface area contributed by atoms with Gasteiger partial charge < -0.3 is 14.8 Å². The average Bonchev–Trinajstić information content (AvgIpc) is 2.81. The van der Waals surface area contributed by atoms with Gasteiger partial charge in [0, 0.05) is 11.1 Å². The van der Waals surface area contributed by atoms with E-state index in [0.29, 0.717) is 29.2 Å². The summed E-state index contributed by atoms with van der Waals surface area (Å²) in [6.07, 6.45) is 0. The molecule has 2 N–H and O–H groups in total. The monoisotopic (exact) mass is 327 g/mol. The Bertz CT molecular complexity index is 730. The zero-order valence-corrected chi connectivity index (χ0v) is 12.8. The van der Waals surface area contributed by atoms with Crippen LogP contribution in [0.5, 0.6) is 0 Å². The van der Waals surface area contributed by atoms with Gasteiger partial charge in [0.05, 0.1) is 6.54 Å². The standard InChI is InChI=1S/C16H16F3NO3/c1-8-4-11(9(2)23-8)16(3,22)7-20-15(21)10-5-12(17)14(19)13(18)6-10/h4-6,22H,7H2,1-3H3,(H,20,21). The Morgan fingerprint density at radius 1 is 1.22 bits per heavy atom. The number of amides is 1. The van der Waals surface area contributed by atoms with Crippen LogP contribution in [0.4, 0.5) is 13.2 Å². The number of carbonyl (C=O) groups excluding carboxylic acids is 1. The third-order valence-electron chi connectivity index (χ3n) is 3.46. The molecule has 1 amide bonds. The second-order valence-electron chi connectivity index (χ2n) is 5.54. The van der Waals surface area contributed by atoms with Crippen LogP contribution in [0.3, 0.4) is 0 Å². The molecule has 2 aromatic rings. The molecular weight excluding hydrogens is 311 g/mol. The van der Waals surface area contributed by atoms with Crippen molar-refractivity contribution in [2.45, 2.75) is 26.4 Å². The van der Waals surface area contributed by atoms with Crippen LogP contribution in [0.2, 0.25) is 0 Å². The summed E-state index contributed by atoms with van der Waals surface area (Å²) < 4.78 is 44.5. The van der Waals surface area contributed by atoms with E-state index in [1.165, 1.54) is 6.92 Å². The molecule has 1 atom stereocenters. The van der Waals surface area contributed by atoms with Crippen molar-refractivity contribution in [1.29, 1.82) is 0 Å². The number of benzene rings is 1. The Labute approximate surface area is 130 Å². The van der Waals surface area contributed by atoms with Crippen molar-refractivity contribution < 1.29 is 27.5 Å². The lowest BCUT2D eigenvalue weighted by molar-refractivity contribution is 0.0514. The van der Waals surface area contributed by atoms with Gasteiger partial charge >= 0.3 is 0 Å². The Kier molecular flexibility index (Phi) is 4.51. The van der Waals surface area contributed by atoms with Crippen molar-refractivity contribution in [3.63, 3.8) is 0 Å². The largest absolute Gasteiger partial charge is 0.466 e. The molecule has 1 unspecified atom stereocenters. The molecule has 7 heteroatoms. The van der Waals surface area contributed by atoms with Crippen molar-refractivity contribution in [3.8, 4) is 0 Å². The summed E-state index contributed by atoms with van der Waals surface area (Å²) in [6, 6.07) is 2.82. The van der Waals surface area contributed by atoms with Gasteiger partial charge in [-0.05, 0) is 39.0 Å². The zero-order chi connectivity index (χ0) is 17.4. The predicted octanol–water partition coefficient (Wildman–Crippen LogP) is 2.95. The zero-order valence-electron chi connectivity index (χ0n) is 12.8. The highest BCUT2D eigenvalue weighted by Gasteiger charge is 2.28. The third-order valence-corrected chi connectivity index (χ3v) is 3.46. The van der Waals surface area contributed by atoms with Crippen LogP contribution in [-0.2, 0) is 5.60 Å². The molecule has 2 rings (SSSR count). The fraction of sp³-hybridized carbons (Fsp3) is 0.312. The summed E-state index contributed by atoms with van der Waals surface area (Å²) in [5.74, 6) is -4.28. The minimum Gasteiger partial charge on any atom is -0.466 e. The number of carbonyl (C=O) groups is 1. The van der Waals surface area contributed by atoms with Gasteiger partial charge in [-0.1, -0.05) is 0 Å². The number of rotatable bonds is 4. The first-order valence-electron chi connectivity index (χ1n) is 6.84. The molecule has 1 aromatic heterocycles. The third kappa shape index (κ3) is 3.56. The first-order chi connectivity index (χ1) is 10.6. The van der Waals surface area contributed by atoms with E-state index in [1.807, 2.05) is 0 Å². The van der Waals surface area contributed by atoms with Crippen LogP contribution in [0.25, 0.3) is 0 Å². The fourth-order valence-electron chi connectivity index (χ4n) is 2.30. The molecule has 23 heavy (non-hydrogen) atoms. The molecule has 0 saturated heterocycles. The molecule has 124 valence electrons. The number of nitrogens with one attached hydrogen (secondary N) is 1. The molecule has 1 heterocycles. The number of hydrogen-bond donors (Lipinski definition) is 2. The van der Waals surface area contributed by atoms with Crippen LogP contribution < -0.4 is 5.32 Å². The number of furan rings is 1. The Balaban J connectivity index is 2.14. The molecule has 0 bridgehead atoms. The number of halogens is 3. The second kappa shape index (κ2) is 6.08. The highest BCUT2D eigenvalue weighted by atomic mass is 19.2. The minimum absolute atomic E-state index is 0.216. The van der Waals surface area contributed by atoms with E-state index in [4.69, 9.17) is 4.42 Å². The van der Waals surface area contributed by atoms with E-state index >= 15 is 0 Å². The molecule has 0 saturated carbocycles. The molecule has 0 aliphatic heterocycles. The molecule has 4 nitrogen and oxygen atoms in total. The molecule has 0 fully saturated rings. The Morgan fingerprint density at radius 3 is 2.26 bits per heavy atom. The van der Waals surface area contributed by atoms with E-state index in [2.05, 4.69) is 5.32 Å². The molecule has 0 aliphatic carbocycles. The van der Waals surface area contributed by atoms with E-state index in [1.54, 1.807) is 19.9 Å². The van der Waals surface area contributed by atoms with Gasteiger partial charge in [0.1, 0.15) is 17.1 Å². The molecule has 0 radical (unpaired) electrons. The maximum absolute atomic E-state index is 13.1. The van der Waals surface area contributed by atoms with E-state index in [0.717, 1.165) is 0 Å². The van der Waals surface area contributed by atoms with E-state index < -0.39 is 29.0 Å². The van der Waals surface area contributed by atoms with Crippen LogP contribution in [0.15, 0.2) is 22.6 Å². The molecule has 0 aliphatic rings. The number of aryl methyl sites for hydroxylation is 2. The lowest BCUT2D eigenvalue weighted by atomic mass is 9.96. The predicted molar refractivity (Wildman–Crippen MR) is 76.4 cm³/mol. The topological polar surface area (TPSA) is 62.5 Å². The van der Waals surface area contributed by atoms with E-state index in [-0.39, 0.29) is 12.1 Å². The maximum atomic E-state index is 13.1. The molecular formula is C16H16F3NO3. The van der Waals surface area contributed by atoms with Gasteiger partial charge in [0.15, 0.2) is 17.5 Å². The smallest absolute Gasteiger partial charge is 0.251 e. The van der Waals surface area contributed by atoms with Crippen LogP contribution in [-0.4, -0.2) is 17.6 Å².